The molecule has 22 heavy (non-hydrogen) atoms. The summed E-state index contributed by atoms with van der Waals surface area (Å²) >= 11 is 0. The van der Waals surface area contributed by atoms with Gasteiger partial charge in [0.15, 0.2) is 11.5 Å². The van der Waals surface area contributed by atoms with Crippen molar-refractivity contribution < 1.29 is 23.7 Å². The van der Waals surface area contributed by atoms with Crippen molar-refractivity contribution in [1.82, 2.24) is 4.90 Å². The van der Waals surface area contributed by atoms with E-state index < -0.39 is 5.97 Å². The van der Waals surface area contributed by atoms with Gasteiger partial charge in [0.1, 0.15) is 6.61 Å². The maximum absolute atomic E-state index is 12.1. The number of hydrogen-bond acceptors (Lipinski definition) is 6. The van der Waals surface area contributed by atoms with E-state index in [2.05, 4.69) is 18.7 Å². The Kier molecular flexibility index (Phi) is 7.52. The lowest BCUT2D eigenvalue weighted by atomic mass is 10.2. The molecule has 0 aliphatic rings. The molecule has 0 saturated heterocycles. The van der Waals surface area contributed by atoms with Gasteiger partial charge in [-0.15, -0.1) is 0 Å². The molecule has 0 aliphatic carbocycles. The van der Waals surface area contributed by atoms with E-state index >= 15 is 0 Å². The maximum atomic E-state index is 12.1. The smallest absolute Gasteiger partial charge is 0.338 e. The SMILES string of the molecule is CCN(CC)CCOC(=O)c1cc(OC)c(OC)c(OC)c1. The van der Waals surface area contributed by atoms with Crippen molar-refractivity contribution in [3.05, 3.63) is 17.7 Å². The highest BCUT2D eigenvalue weighted by atomic mass is 16.5. The van der Waals surface area contributed by atoms with Crippen LogP contribution in [-0.2, 0) is 4.74 Å². The first kappa shape index (κ1) is 18.1. The van der Waals surface area contributed by atoms with Crippen molar-refractivity contribution in [2.45, 2.75) is 13.8 Å². The summed E-state index contributed by atoms with van der Waals surface area (Å²) < 4.78 is 21.0. The molecule has 0 unspecified atom stereocenters. The summed E-state index contributed by atoms with van der Waals surface area (Å²) in [5.41, 5.74) is 0.369. The maximum Gasteiger partial charge on any atom is 0.338 e. The van der Waals surface area contributed by atoms with E-state index in [-0.39, 0.29) is 0 Å². The molecule has 6 nitrogen and oxygen atoms in total. The summed E-state index contributed by atoms with van der Waals surface area (Å²) in [6, 6.07) is 3.17. The van der Waals surface area contributed by atoms with Crippen LogP contribution in [0.2, 0.25) is 0 Å². The summed E-state index contributed by atoms with van der Waals surface area (Å²) in [5, 5.41) is 0. The average Bonchev–Trinajstić information content (AvgIpc) is 2.56. The minimum atomic E-state index is -0.411. The van der Waals surface area contributed by atoms with Crippen molar-refractivity contribution in [2.75, 3.05) is 47.6 Å². The van der Waals surface area contributed by atoms with Crippen LogP contribution in [-0.4, -0.2) is 58.4 Å². The monoisotopic (exact) mass is 311 g/mol. The van der Waals surface area contributed by atoms with Crippen LogP contribution in [0.15, 0.2) is 12.1 Å². The van der Waals surface area contributed by atoms with E-state index in [1.165, 1.54) is 21.3 Å². The van der Waals surface area contributed by atoms with Crippen LogP contribution in [0.4, 0.5) is 0 Å². The number of rotatable bonds is 9. The zero-order chi connectivity index (χ0) is 16.5. The first-order valence-corrected chi connectivity index (χ1v) is 7.30. The quantitative estimate of drug-likeness (QED) is 0.652. The summed E-state index contributed by atoms with van der Waals surface area (Å²) in [6.07, 6.45) is 0. The number of nitrogens with zero attached hydrogens (tertiary/aromatic N) is 1. The van der Waals surface area contributed by atoms with Gasteiger partial charge in [-0.2, -0.15) is 0 Å². The summed E-state index contributed by atoms with van der Waals surface area (Å²) in [4.78, 5) is 14.3. The van der Waals surface area contributed by atoms with Crippen LogP contribution in [0.1, 0.15) is 24.2 Å². The Hall–Kier alpha value is -1.95. The Morgan fingerprint density at radius 2 is 1.55 bits per heavy atom. The summed E-state index contributed by atoms with van der Waals surface area (Å²) in [7, 11) is 4.53. The Labute approximate surface area is 131 Å². The lowest BCUT2D eigenvalue weighted by molar-refractivity contribution is 0.0465. The molecule has 0 heterocycles. The molecular formula is C16H25NO5. The number of hydrogen-bond donors (Lipinski definition) is 0. The first-order valence-electron chi connectivity index (χ1n) is 7.30. The van der Waals surface area contributed by atoms with E-state index in [0.717, 1.165) is 13.1 Å². The predicted molar refractivity (Wildman–Crippen MR) is 84.2 cm³/mol. The highest BCUT2D eigenvalue weighted by molar-refractivity contribution is 5.91. The van der Waals surface area contributed by atoms with E-state index in [1.807, 2.05) is 0 Å². The summed E-state index contributed by atoms with van der Waals surface area (Å²) in [6.45, 7) is 7.06. The van der Waals surface area contributed by atoms with Gasteiger partial charge in [-0.3, -0.25) is 0 Å². The molecule has 0 aromatic heterocycles. The molecule has 0 bridgehead atoms. The van der Waals surface area contributed by atoms with Crippen molar-refractivity contribution in [3.63, 3.8) is 0 Å². The second-order valence-electron chi connectivity index (χ2n) is 4.58. The molecule has 1 aromatic rings. The second kappa shape index (κ2) is 9.15. The number of methoxy groups -OCH3 is 3. The van der Waals surface area contributed by atoms with Gasteiger partial charge in [0.25, 0.3) is 0 Å². The van der Waals surface area contributed by atoms with E-state index in [1.54, 1.807) is 12.1 Å². The van der Waals surface area contributed by atoms with Gasteiger partial charge in [0, 0.05) is 6.54 Å². The van der Waals surface area contributed by atoms with Gasteiger partial charge in [-0.25, -0.2) is 4.79 Å². The molecule has 0 fully saturated rings. The van der Waals surface area contributed by atoms with E-state index in [9.17, 15) is 4.79 Å². The van der Waals surface area contributed by atoms with Gasteiger partial charge >= 0.3 is 5.97 Å². The summed E-state index contributed by atoms with van der Waals surface area (Å²) in [5.74, 6) is 0.895. The van der Waals surface area contributed by atoms with Gasteiger partial charge in [0.05, 0.1) is 26.9 Å². The van der Waals surface area contributed by atoms with Crippen LogP contribution in [0.25, 0.3) is 0 Å². The third-order valence-corrected chi connectivity index (χ3v) is 3.44. The van der Waals surface area contributed by atoms with Gasteiger partial charge < -0.3 is 23.8 Å². The molecule has 0 radical (unpaired) electrons. The second-order valence-corrected chi connectivity index (χ2v) is 4.58. The average molecular weight is 311 g/mol. The normalized spacial score (nSPS) is 10.5. The van der Waals surface area contributed by atoms with Crippen molar-refractivity contribution in [1.29, 1.82) is 0 Å². The Bertz CT molecular complexity index is 460. The molecule has 124 valence electrons. The Balaban J connectivity index is 2.81. The van der Waals surface area contributed by atoms with E-state index in [4.69, 9.17) is 18.9 Å². The van der Waals surface area contributed by atoms with Crippen molar-refractivity contribution in [3.8, 4) is 17.2 Å². The molecule has 0 saturated carbocycles. The van der Waals surface area contributed by atoms with Crippen molar-refractivity contribution >= 4 is 5.97 Å². The largest absolute Gasteiger partial charge is 0.493 e. The lowest BCUT2D eigenvalue weighted by Crippen LogP contribution is -2.27. The highest BCUT2D eigenvalue weighted by Crippen LogP contribution is 2.38. The van der Waals surface area contributed by atoms with Gasteiger partial charge in [-0.1, -0.05) is 13.8 Å². The molecule has 0 atom stereocenters. The number of ether oxygens (including phenoxy) is 4. The minimum absolute atomic E-state index is 0.344. The number of esters is 1. The molecule has 1 rings (SSSR count). The zero-order valence-electron chi connectivity index (χ0n) is 14.0. The van der Waals surface area contributed by atoms with E-state index in [0.29, 0.717) is 36.0 Å². The molecule has 0 spiro atoms. The Morgan fingerprint density at radius 1 is 1.00 bits per heavy atom. The number of carbonyl (C=O) groups is 1. The third-order valence-electron chi connectivity index (χ3n) is 3.44. The van der Waals surface area contributed by atoms with Crippen LogP contribution in [0.5, 0.6) is 17.2 Å². The molecular weight excluding hydrogens is 286 g/mol. The number of benzene rings is 1. The van der Waals surface area contributed by atoms with Crippen LogP contribution >= 0.6 is 0 Å². The zero-order valence-corrected chi connectivity index (χ0v) is 14.0. The fraction of sp³-hybridized carbons (Fsp3) is 0.562. The molecule has 1 aromatic carbocycles. The predicted octanol–water partition coefficient (Wildman–Crippen LogP) is 2.21. The molecule has 0 aliphatic heterocycles. The standard InChI is InChI=1S/C16H25NO5/c1-6-17(7-2)8-9-22-16(18)12-10-13(19-3)15(21-5)14(11-12)20-4/h10-11H,6-9H2,1-5H3. The van der Waals surface area contributed by atoms with Crippen LogP contribution < -0.4 is 14.2 Å². The lowest BCUT2D eigenvalue weighted by Gasteiger charge is -2.18. The molecule has 0 N–H and O–H groups in total. The Morgan fingerprint density at radius 3 is 1.95 bits per heavy atom. The van der Waals surface area contributed by atoms with Crippen LogP contribution in [0, 0.1) is 0 Å². The fourth-order valence-corrected chi connectivity index (χ4v) is 2.09. The fourth-order valence-electron chi connectivity index (χ4n) is 2.09. The topological polar surface area (TPSA) is 57.2 Å². The van der Waals surface area contributed by atoms with Crippen LogP contribution in [0.3, 0.4) is 0 Å². The molecule has 0 amide bonds. The van der Waals surface area contributed by atoms with Gasteiger partial charge in [-0.05, 0) is 25.2 Å². The minimum Gasteiger partial charge on any atom is -0.493 e. The highest BCUT2D eigenvalue weighted by Gasteiger charge is 2.17. The van der Waals surface area contributed by atoms with Gasteiger partial charge in [0.2, 0.25) is 5.75 Å². The van der Waals surface area contributed by atoms with Crippen molar-refractivity contribution in [2.24, 2.45) is 0 Å². The number of carbonyl (C=O) groups excluding carboxylic acids is 1. The number of likely N-dealkylation sites (N-methyl/N-ethyl adjacent to an activating group) is 1. The third kappa shape index (κ3) is 4.53. The molecule has 6 heteroatoms. The first-order chi connectivity index (χ1) is 10.6.